The van der Waals surface area contributed by atoms with Crippen LogP contribution in [-0.4, -0.2) is 37.6 Å². The van der Waals surface area contributed by atoms with Gasteiger partial charge in [-0.25, -0.2) is 9.98 Å². The van der Waals surface area contributed by atoms with Gasteiger partial charge in [-0.1, -0.05) is 12.2 Å². The molecule has 2 aromatic rings. The summed E-state index contributed by atoms with van der Waals surface area (Å²) >= 11 is 0. The molecular formula is C35H34N6. The summed E-state index contributed by atoms with van der Waals surface area (Å²) in [6.45, 7) is 4.66. The van der Waals surface area contributed by atoms with Crippen molar-refractivity contribution in [2.45, 2.75) is 57.8 Å². The first-order valence-corrected chi connectivity index (χ1v) is 15.1. The highest BCUT2D eigenvalue weighted by Crippen LogP contribution is 2.37. The molecule has 0 bridgehead atoms. The van der Waals surface area contributed by atoms with Gasteiger partial charge in [0, 0.05) is 55.4 Å². The number of aryl methyl sites for hydroxylation is 4. The van der Waals surface area contributed by atoms with E-state index in [1.807, 2.05) is 12.2 Å². The van der Waals surface area contributed by atoms with Crippen molar-refractivity contribution in [2.75, 3.05) is 36.0 Å². The van der Waals surface area contributed by atoms with E-state index in [1.54, 1.807) is 0 Å². The number of allylic oxidation sites excluding steroid dienone is 4. The van der Waals surface area contributed by atoms with Crippen LogP contribution in [0.15, 0.2) is 57.8 Å². The lowest BCUT2D eigenvalue weighted by Crippen LogP contribution is -2.34. The van der Waals surface area contributed by atoms with E-state index >= 15 is 0 Å². The van der Waals surface area contributed by atoms with Gasteiger partial charge in [-0.2, -0.15) is 10.5 Å². The van der Waals surface area contributed by atoms with Crippen molar-refractivity contribution >= 4 is 35.0 Å². The summed E-state index contributed by atoms with van der Waals surface area (Å²) < 4.78 is 0. The lowest BCUT2D eigenvalue weighted by atomic mass is 9.90. The Labute approximate surface area is 242 Å². The largest absolute Gasteiger partial charge is 0.371 e. The standard InChI is InChI=1S/C35H34N6/c36-22-32-33(23-37)39-31(12-10-25-19-28-7-3-15-41-16-4-8-29(20-25)35(28)41)21-30(38-32)11-9-24-17-26-5-1-13-40-14-2-6-27(18-24)34(26)40/h9-12,17-20H,1-8,13-16,21H2/b11-9+,12-10+. The van der Waals surface area contributed by atoms with Gasteiger partial charge in [-0.3, -0.25) is 0 Å². The van der Waals surface area contributed by atoms with E-state index in [0.717, 1.165) is 63.3 Å². The number of hydrogen-bond donors (Lipinski definition) is 0. The van der Waals surface area contributed by atoms with Crippen LogP contribution in [0, 0.1) is 22.7 Å². The molecule has 6 nitrogen and oxygen atoms in total. The third-order valence-electron chi connectivity index (χ3n) is 8.95. The number of benzene rings is 2. The molecule has 0 saturated heterocycles. The number of anilines is 2. The van der Waals surface area contributed by atoms with E-state index in [-0.39, 0.29) is 11.4 Å². The van der Waals surface area contributed by atoms with E-state index in [9.17, 15) is 10.5 Å². The Morgan fingerprint density at radius 3 is 1.27 bits per heavy atom. The van der Waals surface area contributed by atoms with Crippen molar-refractivity contribution in [3.63, 3.8) is 0 Å². The molecular weight excluding hydrogens is 504 g/mol. The third-order valence-corrected chi connectivity index (χ3v) is 8.95. The van der Waals surface area contributed by atoms with Gasteiger partial charge in [-0.15, -0.1) is 0 Å². The summed E-state index contributed by atoms with van der Waals surface area (Å²) in [5.74, 6) is 0. The highest BCUT2D eigenvalue weighted by atomic mass is 15.1. The van der Waals surface area contributed by atoms with Crippen LogP contribution in [0.2, 0.25) is 0 Å². The number of rotatable bonds is 4. The smallest absolute Gasteiger partial charge is 0.177 e. The molecule has 0 aromatic heterocycles. The van der Waals surface area contributed by atoms with E-state index in [2.05, 4.69) is 68.3 Å². The number of aliphatic imine (C=N–C) groups is 2. The normalized spacial score (nSPS) is 19.8. The monoisotopic (exact) mass is 538 g/mol. The molecule has 204 valence electrons. The van der Waals surface area contributed by atoms with Crippen molar-refractivity contribution in [1.82, 2.24) is 0 Å². The maximum atomic E-state index is 9.76. The molecule has 41 heavy (non-hydrogen) atoms. The Hall–Kier alpha value is -4.42. The highest BCUT2D eigenvalue weighted by Gasteiger charge is 2.25. The van der Waals surface area contributed by atoms with Crippen LogP contribution in [0.5, 0.6) is 0 Å². The zero-order valence-corrected chi connectivity index (χ0v) is 23.5. The fourth-order valence-electron chi connectivity index (χ4n) is 7.24. The molecule has 7 rings (SSSR count). The quantitative estimate of drug-likeness (QED) is 0.454. The van der Waals surface area contributed by atoms with Crippen LogP contribution >= 0.6 is 0 Å². The van der Waals surface area contributed by atoms with Crippen molar-refractivity contribution < 1.29 is 0 Å². The Bertz CT molecular complexity index is 1470. The molecule has 0 saturated carbocycles. The van der Waals surface area contributed by atoms with Gasteiger partial charge in [0.1, 0.15) is 12.1 Å². The van der Waals surface area contributed by atoms with Gasteiger partial charge in [0.15, 0.2) is 11.4 Å². The molecule has 0 unspecified atom stereocenters. The molecule has 2 aromatic carbocycles. The van der Waals surface area contributed by atoms with Gasteiger partial charge < -0.3 is 9.80 Å². The Balaban J connectivity index is 1.18. The average molecular weight is 539 g/mol. The predicted octanol–water partition coefficient (Wildman–Crippen LogP) is 6.36. The molecule has 0 atom stereocenters. The minimum absolute atomic E-state index is 0.0741. The van der Waals surface area contributed by atoms with E-state index in [0.29, 0.717) is 6.42 Å². The first kappa shape index (κ1) is 25.5. The number of nitriles is 2. The minimum atomic E-state index is 0.0741. The third kappa shape index (κ3) is 5.00. The van der Waals surface area contributed by atoms with Crippen molar-refractivity contribution in [3.05, 3.63) is 81.2 Å². The van der Waals surface area contributed by atoms with Crippen molar-refractivity contribution in [3.8, 4) is 12.1 Å². The van der Waals surface area contributed by atoms with Gasteiger partial charge in [0.05, 0.1) is 0 Å². The molecule has 6 heteroatoms. The van der Waals surface area contributed by atoms with Gasteiger partial charge >= 0.3 is 0 Å². The van der Waals surface area contributed by atoms with Gasteiger partial charge in [0.2, 0.25) is 0 Å². The molecule has 5 heterocycles. The first-order chi connectivity index (χ1) is 20.2. The lowest BCUT2D eigenvalue weighted by Gasteiger charge is -2.37. The molecule has 0 aliphatic carbocycles. The summed E-state index contributed by atoms with van der Waals surface area (Å²) in [6, 6.07) is 13.4. The summed E-state index contributed by atoms with van der Waals surface area (Å²) in [6.07, 6.45) is 18.0. The van der Waals surface area contributed by atoms with Gasteiger partial charge in [0.25, 0.3) is 0 Å². The molecule has 0 fully saturated rings. The topological polar surface area (TPSA) is 78.8 Å². The maximum absolute atomic E-state index is 9.76. The number of nitrogens with zero attached hydrogens (tertiary/aromatic N) is 6. The Morgan fingerprint density at radius 2 is 0.927 bits per heavy atom. The van der Waals surface area contributed by atoms with Gasteiger partial charge in [-0.05, 0) is 121 Å². The van der Waals surface area contributed by atoms with Crippen LogP contribution in [-0.2, 0) is 25.7 Å². The summed E-state index contributed by atoms with van der Waals surface area (Å²) in [4.78, 5) is 14.3. The maximum Gasteiger partial charge on any atom is 0.177 e. The summed E-state index contributed by atoms with van der Waals surface area (Å²) in [7, 11) is 0. The molecule has 5 aliphatic heterocycles. The fourth-order valence-corrected chi connectivity index (χ4v) is 7.24. The predicted molar refractivity (Wildman–Crippen MR) is 166 cm³/mol. The summed E-state index contributed by atoms with van der Waals surface area (Å²) in [5.41, 5.74) is 12.7. The second-order valence-corrected chi connectivity index (χ2v) is 11.7. The fraction of sp³-hybridized carbons (Fsp3) is 0.371. The van der Waals surface area contributed by atoms with E-state index in [1.165, 1.54) is 70.4 Å². The van der Waals surface area contributed by atoms with Crippen molar-refractivity contribution in [1.29, 1.82) is 10.5 Å². The molecule has 0 amide bonds. The van der Waals surface area contributed by atoms with Crippen LogP contribution < -0.4 is 9.80 Å². The molecule has 0 N–H and O–H groups in total. The second kappa shape index (κ2) is 10.9. The first-order valence-electron chi connectivity index (χ1n) is 15.1. The minimum Gasteiger partial charge on any atom is -0.371 e. The molecule has 5 aliphatic rings. The Morgan fingerprint density at radius 1 is 0.561 bits per heavy atom. The van der Waals surface area contributed by atoms with E-state index < -0.39 is 0 Å². The van der Waals surface area contributed by atoms with Crippen LogP contribution in [0.4, 0.5) is 11.4 Å². The summed E-state index contributed by atoms with van der Waals surface area (Å²) in [5, 5.41) is 19.5. The Kier molecular flexibility index (Phi) is 6.77. The number of hydrogen-bond acceptors (Lipinski definition) is 6. The molecule has 0 spiro atoms. The van der Waals surface area contributed by atoms with Crippen LogP contribution in [0.3, 0.4) is 0 Å². The van der Waals surface area contributed by atoms with Crippen LogP contribution in [0.1, 0.15) is 65.5 Å². The zero-order valence-electron chi connectivity index (χ0n) is 23.5. The average Bonchev–Trinajstić information content (AvgIpc) is 3.18. The van der Waals surface area contributed by atoms with Crippen molar-refractivity contribution in [2.24, 2.45) is 9.98 Å². The zero-order chi connectivity index (χ0) is 27.8. The lowest BCUT2D eigenvalue weighted by molar-refractivity contribution is 0.634. The van der Waals surface area contributed by atoms with Crippen LogP contribution in [0.25, 0.3) is 12.2 Å². The van der Waals surface area contributed by atoms with E-state index in [4.69, 9.17) is 0 Å². The highest BCUT2D eigenvalue weighted by molar-refractivity contribution is 6.16. The molecule has 0 radical (unpaired) electrons. The second-order valence-electron chi connectivity index (χ2n) is 11.7. The SMILES string of the molecule is N#CC1=C(C#N)N=C(/C=C/c2cc3c4c(c2)CCCN4CCC3)CC(/C=C/c2cc3c4c(c2)CCCN4CCC3)=N1.